The van der Waals surface area contributed by atoms with Gasteiger partial charge in [-0.05, 0) is 48.5 Å². The van der Waals surface area contributed by atoms with Crippen LogP contribution in [0, 0.1) is 0 Å². The van der Waals surface area contributed by atoms with Crippen molar-refractivity contribution in [3.63, 3.8) is 0 Å². The van der Waals surface area contributed by atoms with Crippen LogP contribution in [0.25, 0.3) is 22.6 Å². The Kier molecular flexibility index (Phi) is 9.02. The van der Waals surface area contributed by atoms with Crippen molar-refractivity contribution in [2.24, 2.45) is 0 Å². The van der Waals surface area contributed by atoms with Crippen LogP contribution in [0.2, 0.25) is 25.7 Å². The smallest absolute Gasteiger partial charge is 0.258 e. The minimum atomic E-state index is -3.40. The monoisotopic (exact) mass is 636 g/mol. The minimum Gasteiger partial charge on any atom is -0.457 e. The number of pyridine rings is 1. The van der Waals surface area contributed by atoms with Crippen LogP contribution in [0.15, 0.2) is 65.7 Å². The van der Waals surface area contributed by atoms with E-state index in [-0.39, 0.29) is 30.3 Å². The van der Waals surface area contributed by atoms with E-state index in [4.69, 9.17) is 14.5 Å². The van der Waals surface area contributed by atoms with E-state index < -0.39 is 35.8 Å². The van der Waals surface area contributed by atoms with Gasteiger partial charge in [0, 0.05) is 32.5 Å². The lowest BCUT2D eigenvalue weighted by Gasteiger charge is -2.18. The maximum absolute atomic E-state index is 12.6. The molecule has 2 amide bonds. The number of carbonyl (C=O) groups is 2. The topological polar surface area (TPSA) is 141 Å². The first-order valence-corrected chi connectivity index (χ1v) is 19.8. The molecule has 1 atom stereocenters. The number of ether oxygens (including phenoxy) is 2. The lowest BCUT2D eigenvalue weighted by Crippen LogP contribution is -2.31. The fraction of sp³-hybridized carbons (Fsp3) is 0.355. The van der Waals surface area contributed by atoms with Gasteiger partial charge in [0.25, 0.3) is 5.91 Å². The molecule has 5 rings (SSSR count). The molecule has 0 bridgehead atoms. The van der Waals surface area contributed by atoms with Crippen LogP contribution in [0.1, 0.15) is 18.9 Å². The Morgan fingerprint density at radius 2 is 1.82 bits per heavy atom. The standard InChI is InChI=1S/C31H36N4O7SSi/c1-5-43(39,40)23-11-9-22(10-12-23)42-28-17-26-25(16-21(28)19-34-29(37)18-27(36)31(34)38)33-30(24-8-6-7-13-32-24)35(26)20-41-14-15-44(2,3)4/h6-13,16-17,27,36H,5,14-15,18-20H2,1-4H3. The molecular formula is C31H36N4O7SSi. The van der Waals surface area contributed by atoms with Gasteiger partial charge in [-0.15, -0.1) is 0 Å². The van der Waals surface area contributed by atoms with Crippen LogP contribution in [0.4, 0.5) is 0 Å². The van der Waals surface area contributed by atoms with Crippen molar-refractivity contribution >= 4 is 40.8 Å². The van der Waals surface area contributed by atoms with Crippen molar-refractivity contribution < 1.29 is 32.6 Å². The Labute approximate surface area is 257 Å². The number of rotatable bonds is 12. The SMILES string of the molecule is CCS(=O)(=O)c1ccc(Oc2cc3c(cc2CN2C(=O)CC(O)C2=O)nc(-c2ccccn2)n3COCC[Si](C)(C)C)cc1. The maximum Gasteiger partial charge on any atom is 0.258 e. The lowest BCUT2D eigenvalue weighted by molar-refractivity contribution is -0.141. The highest BCUT2D eigenvalue weighted by atomic mass is 32.2. The molecule has 44 heavy (non-hydrogen) atoms. The van der Waals surface area contributed by atoms with Crippen molar-refractivity contribution in [2.45, 2.75) is 63.3 Å². The summed E-state index contributed by atoms with van der Waals surface area (Å²) in [6.45, 7) is 9.10. The van der Waals surface area contributed by atoms with Crippen LogP contribution >= 0.6 is 0 Å². The molecule has 1 unspecified atom stereocenters. The third kappa shape index (κ3) is 6.91. The highest BCUT2D eigenvalue weighted by Crippen LogP contribution is 2.35. The first-order chi connectivity index (χ1) is 20.9. The zero-order valence-electron chi connectivity index (χ0n) is 25.2. The molecule has 232 valence electrons. The molecule has 1 aliphatic rings. The van der Waals surface area contributed by atoms with Crippen LogP contribution in [-0.2, 0) is 37.4 Å². The quantitative estimate of drug-likeness (QED) is 0.134. The summed E-state index contributed by atoms with van der Waals surface area (Å²) in [6.07, 6.45) is 0.0215. The number of aromatic nitrogens is 3. The third-order valence-corrected chi connectivity index (χ3v) is 10.8. The summed E-state index contributed by atoms with van der Waals surface area (Å²) in [5.41, 5.74) is 2.38. The summed E-state index contributed by atoms with van der Waals surface area (Å²) >= 11 is 0. The number of fused-ring (bicyclic) bond motifs is 1. The molecule has 11 nitrogen and oxygen atoms in total. The molecule has 2 aromatic heterocycles. The highest BCUT2D eigenvalue weighted by molar-refractivity contribution is 7.91. The highest BCUT2D eigenvalue weighted by Gasteiger charge is 2.37. The average molecular weight is 637 g/mol. The maximum atomic E-state index is 12.6. The van der Waals surface area contributed by atoms with Gasteiger partial charge in [0.15, 0.2) is 15.7 Å². The predicted octanol–water partition coefficient (Wildman–Crippen LogP) is 4.62. The van der Waals surface area contributed by atoms with Gasteiger partial charge in [-0.2, -0.15) is 0 Å². The first kappa shape index (κ1) is 31.5. The van der Waals surface area contributed by atoms with Gasteiger partial charge >= 0.3 is 0 Å². The van der Waals surface area contributed by atoms with Crippen molar-refractivity contribution in [3.8, 4) is 23.0 Å². The Hall–Kier alpha value is -3.91. The number of hydrogen-bond donors (Lipinski definition) is 1. The largest absolute Gasteiger partial charge is 0.457 e. The van der Waals surface area contributed by atoms with E-state index in [2.05, 4.69) is 24.6 Å². The number of carbonyl (C=O) groups excluding carboxylic acids is 2. The van der Waals surface area contributed by atoms with E-state index in [9.17, 15) is 23.1 Å². The van der Waals surface area contributed by atoms with Crippen molar-refractivity contribution in [1.29, 1.82) is 0 Å². The van der Waals surface area contributed by atoms with E-state index in [0.29, 0.717) is 46.2 Å². The molecule has 13 heteroatoms. The molecule has 0 saturated carbocycles. The van der Waals surface area contributed by atoms with E-state index in [1.54, 1.807) is 37.4 Å². The fourth-order valence-electron chi connectivity index (χ4n) is 4.78. The molecule has 2 aromatic carbocycles. The van der Waals surface area contributed by atoms with Crippen LogP contribution in [-0.4, -0.2) is 71.3 Å². The van der Waals surface area contributed by atoms with E-state index in [0.717, 1.165) is 10.9 Å². The molecular weight excluding hydrogens is 601 g/mol. The molecule has 1 N–H and O–H groups in total. The first-order valence-electron chi connectivity index (χ1n) is 14.4. The Morgan fingerprint density at radius 3 is 2.43 bits per heavy atom. The number of amides is 2. The number of imide groups is 1. The number of aliphatic hydroxyl groups excluding tert-OH is 1. The number of sulfone groups is 1. The summed E-state index contributed by atoms with van der Waals surface area (Å²) in [5, 5.41) is 10.00. The average Bonchev–Trinajstić information content (AvgIpc) is 3.46. The van der Waals surface area contributed by atoms with Gasteiger partial charge in [-0.1, -0.05) is 32.6 Å². The third-order valence-electron chi connectivity index (χ3n) is 7.38. The Balaban J connectivity index is 1.59. The summed E-state index contributed by atoms with van der Waals surface area (Å²) in [5.74, 6) is 0.0855. The number of likely N-dealkylation sites (tertiary alicyclic amines) is 1. The second-order valence-electron chi connectivity index (χ2n) is 11.9. The summed E-state index contributed by atoms with van der Waals surface area (Å²) in [6, 6.07) is 16.1. The zero-order valence-corrected chi connectivity index (χ0v) is 27.0. The Bertz CT molecular complexity index is 1790. The van der Waals surface area contributed by atoms with Gasteiger partial charge in [-0.25, -0.2) is 13.4 Å². The van der Waals surface area contributed by atoms with Crippen LogP contribution in [0.3, 0.4) is 0 Å². The molecule has 1 aliphatic heterocycles. The van der Waals surface area contributed by atoms with Gasteiger partial charge in [-0.3, -0.25) is 24.0 Å². The number of aliphatic hydroxyl groups is 1. The molecule has 0 radical (unpaired) electrons. The van der Waals surface area contributed by atoms with E-state index in [1.807, 2.05) is 22.8 Å². The van der Waals surface area contributed by atoms with E-state index in [1.165, 1.54) is 12.1 Å². The molecule has 4 aromatic rings. The van der Waals surface area contributed by atoms with Gasteiger partial charge in [0.1, 0.15) is 30.0 Å². The van der Waals surface area contributed by atoms with Crippen molar-refractivity contribution in [1.82, 2.24) is 19.4 Å². The van der Waals surface area contributed by atoms with Crippen LogP contribution in [0.5, 0.6) is 11.5 Å². The van der Waals surface area contributed by atoms with Crippen LogP contribution < -0.4 is 4.74 Å². The molecule has 1 saturated heterocycles. The Morgan fingerprint density at radius 1 is 1.07 bits per heavy atom. The van der Waals surface area contributed by atoms with Gasteiger partial charge in [0.05, 0.1) is 34.6 Å². The van der Waals surface area contributed by atoms with E-state index >= 15 is 0 Å². The molecule has 1 fully saturated rings. The molecule has 0 spiro atoms. The number of imidazole rings is 1. The second-order valence-corrected chi connectivity index (χ2v) is 19.8. The second kappa shape index (κ2) is 12.6. The molecule has 3 heterocycles. The van der Waals surface area contributed by atoms with Crippen molar-refractivity contribution in [3.05, 3.63) is 66.4 Å². The number of hydrogen-bond acceptors (Lipinski definition) is 9. The molecule has 0 aliphatic carbocycles. The van der Waals surface area contributed by atoms with Gasteiger partial charge < -0.3 is 14.6 Å². The normalized spacial score (nSPS) is 15.8. The van der Waals surface area contributed by atoms with Gasteiger partial charge in [0.2, 0.25) is 5.91 Å². The van der Waals surface area contributed by atoms with Crippen molar-refractivity contribution in [2.75, 3.05) is 12.4 Å². The zero-order chi connectivity index (χ0) is 31.6. The number of nitrogens with zero attached hydrogens (tertiary/aromatic N) is 4. The summed E-state index contributed by atoms with van der Waals surface area (Å²) in [4.78, 5) is 35.7. The lowest BCUT2D eigenvalue weighted by atomic mass is 10.1. The fourth-order valence-corrected chi connectivity index (χ4v) is 6.42. The summed E-state index contributed by atoms with van der Waals surface area (Å²) < 4.78 is 38.9. The summed E-state index contributed by atoms with van der Waals surface area (Å²) in [7, 11) is -4.72. The minimum absolute atomic E-state index is 0.0274. The number of benzene rings is 2. The predicted molar refractivity (Wildman–Crippen MR) is 167 cm³/mol.